The number of carbonyl (C=O) groups is 1. The van der Waals surface area contributed by atoms with Crippen molar-refractivity contribution < 1.29 is 19.0 Å². The smallest absolute Gasteiger partial charge is 0.310 e. The summed E-state index contributed by atoms with van der Waals surface area (Å²) in [6.45, 7) is 4.66. The third kappa shape index (κ3) is 4.42. The Balaban J connectivity index is 1.77. The first-order chi connectivity index (χ1) is 13.2. The quantitative estimate of drug-likeness (QED) is 0.752. The third-order valence-electron chi connectivity index (χ3n) is 4.92. The Kier molecular flexibility index (Phi) is 6.34. The third-order valence-corrected chi connectivity index (χ3v) is 4.92. The van der Waals surface area contributed by atoms with Crippen LogP contribution in [-0.2, 0) is 16.1 Å². The number of benzene rings is 1. The van der Waals surface area contributed by atoms with Crippen molar-refractivity contribution in [3.8, 4) is 22.8 Å². The number of hydrogen-bond donors (Lipinski definition) is 1. The summed E-state index contributed by atoms with van der Waals surface area (Å²) in [5.74, 6) is 1.32. The molecule has 1 aromatic heterocycles. The molecule has 0 spiro atoms. The molecule has 2 heterocycles. The van der Waals surface area contributed by atoms with Crippen LogP contribution in [0.3, 0.4) is 0 Å². The van der Waals surface area contributed by atoms with E-state index in [1.807, 2.05) is 31.3 Å². The number of piperidine rings is 1. The van der Waals surface area contributed by atoms with E-state index in [0.29, 0.717) is 13.2 Å². The number of likely N-dealkylation sites (tertiary alicyclic amines) is 1. The minimum Gasteiger partial charge on any atom is -0.497 e. The van der Waals surface area contributed by atoms with Crippen molar-refractivity contribution in [3.63, 3.8) is 0 Å². The van der Waals surface area contributed by atoms with Crippen molar-refractivity contribution in [1.82, 2.24) is 15.1 Å². The average molecular weight is 373 g/mol. The summed E-state index contributed by atoms with van der Waals surface area (Å²) in [6, 6.07) is 5.73. The zero-order valence-electron chi connectivity index (χ0n) is 16.2. The van der Waals surface area contributed by atoms with Crippen LogP contribution >= 0.6 is 0 Å². The molecular formula is C20H27N3O4. The van der Waals surface area contributed by atoms with Gasteiger partial charge >= 0.3 is 5.97 Å². The predicted molar refractivity (Wildman–Crippen MR) is 102 cm³/mol. The number of esters is 1. The Morgan fingerprint density at radius 1 is 1.33 bits per heavy atom. The summed E-state index contributed by atoms with van der Waals surface area (Å²) in [4.78, 5) is 14.4. The molecule has 0 saturated carbocycles. The van der Waals surface area contributed by atoms with Crippen LogP contribution in [0.5, 0.6) is 11.5 Å². The summed E-state index contributed by atoms with van der Waals surface area (Å²) < 4.78 is 16.0. The normalized spacial score (nSPS) is 17.5. The van der Waals surface area contributed by atoms with E-state index in [-0.39, 0.29) is 11.9 Å². The lowest BCUT2D eigenvalue weighted by Crippen LogP contribution is -2.38. The molecule has 0 unspecified atom stereocenters. The number of aromatic nitrogens is 2. The van der Waals surface area contributed by atoms with Gasteiger partial charge in [0, 0.05) is 30.3 Å². The van der Waals surface area contributed by atoms with Gasteiger partial charge in [-0.05, 0) is 38.4 Å². The number of rotatable bonds is 7. The summed E-state index contributed by atoms with van der Waals surface area (Å²) in [5.41, 5.74) is 2.93. The van der Waals surface area contributed by atoms with Crippen LogP contribution in [0.15, 0.2) is 24.4 Å². The Bertz CT molecular complexity index is 774. The fourth-order valence-electron chi connectivity index (χ4n) is 3.56. The number of ether oxygens (including phenoxy) is 3. The van der Waals surface area contributed by atoms with Gasteiger partial charge in [0.25, 0.3) is 0 Å². The van der Waals surface area contributed by atoms with Gasteiger partial charge in [-0.3, -0.25) is 14.8 Å². The van der Waals surface area contributed by atoms with Gasteiger partial charge in [-0.2, -0.15) is 5.10 Å². The Labute approximate surface area is 159 Å². The first-order valence-electron chi connectivity index (χ1n) is 9.29. The van der Waals surface area contributed by atoms with Crippen molar-refractivity contribution in [2.24, 2.45) is 5.92 Å². The monoisotopic (exact) mass is 373 g/mol. The highest BCUT2D eigenvalue weighted by Crippen LogP contribution is 2.34. The lowest BCUT2D eigenvalue weighted by atomic mass is 9.97. The number of aromatic amines is 1. The van der Waals surface area contributed by atoms with Gasteiger partial charge in [0.2, 0.25) is 0 Å². The zero-order chi connectivity index (χ0) is 19.2. The number of nitrogens with zero attached hydrogens (tertiary/aromatic N) is 2. The standard InChI is InChI=1S/C20H27N3O4/c1-4-27-20(24)14-6-5-9-23(12-14)13-15-11-21-22-19(15)17-8-7-16(25-2)10-18(17)26-3/h7-8,10-11,14H,4-6,9,12-13H2,1-3H3,(H,21,22)/t14-/m0/s1. The number of H-pyrrole nitrogens is 1. The molecule has 3 rings (SSSR count). The average Bonchev–Trinajstić information content (AvgIpc) is 3.15. The van der Waals surface area contributed by atoms with Crippen molar-refractivity contribution in [1.29, 1.82) is 0 Å². The van der Waals surface area contributed by atoms with Crippen LogP contribution in [0.2, 0.25) is 0 Å². The maximum Gasteiger partial charge on any atom is 0.310 e. The first kappa shape index (κ1) is 19.2. The van der Waals surface area contributed by atoms with E-state index in [1.165, 1.54) is 0 Å². The minimum absolute atomic E-state index is 0.0513. The van der Waals surface area contributed by atoms with Crippen LogP contribution < -0.4 is 9.47 Å². The maximum atomic E-state index is 12.1. The second-order valence-electron chi connectivity index (χ2n) is 6.66. The molecule has 2 aromatic rings. The number of hydrogen-bond acceptors (Lipinski definition) is 6. The summed E-state index contributed by atoms with van der Waals surface area (Å²) >= 11 is 0. The van der Waals surface area contributed by atoms with E-state index < -0.39 is 0 Å². The van der Waals surface area contributed by atoms with Crippen LogP contribution in [0.25, 0.3) is 11.3 Å². The fraction of sp³-hybridized carbons (Fsp3) is 0.500. The first-order valence-corrected chi connectivity index (χ1v) is 9.29. The Morgan fingerprint density at radius 2 is 2.19 bits per heavy atom. The zero-order valence-corrected chi connectivity index (χ0v) is 16.2. The molecule has 27 heavy (non-hydrogen) atoms. The van der Waals surface area contributed by atoms with Gasteiger partial charge in [-0.15, -0.1) is 0 Å². The lowest BCUT2D eigenvalue weighted by molar-refractivity contribution is -0.150. The van der Waals surface area contributed by atoms with Crippen molar-refractivity contribution in [2.45, 2.75) is 26.3 Å². The minimum atomic E-state index is -0.0913. The molecule has 1 aromatic carbocycles. The van der Waals surface area contributed by atoms with Gasteiger partial charge in [-0.1, -0.05) is 0 Å². The summed E-state index contributed by atoms with van der Waals surface area (Å²) in [7, 11) is 3.27. The molecule has 1 aliphatic heterocycles. The van der Waals surface area contributed by atoms with E-state index in [0.717, 1.165) is 54.3 Å². The van der Waals surface area contributed by atoms with Gasteiger partial charge in [-0.25, -0.2) is 0 Å². The molecule has 0 amide bonds. The molecule has 1 fully saturated rings. The Morgan fingerprint density at radius 3 is 2.93 bits per heavy atom. The molecule has 1 N–H and O–H groups in total. The van der Waals surface area contributed by atoms with E-state index in [1.54, 1.807) is 14.2 Å². The molecule has 0 bridgehead atoms. The second kappa shape index (κ2) is 8.90. The number of methoxy groups -OCH3 is 2. The lowest BCUT2D eigenvalue weighted by Gasteiger charge is -2.31. The Hall–Kier alpha value is -2.54. The van der Waals surface area contributed by atoms with E-state index in [4.69, 9.17) is 14.2 Å². The predicted octanol–water partition coefficient (Wildman–Crippen LogP) is 2.87. The van der Waals surface area contributed by atoms with Crippen LogP contribution in [-0.4, -0.2) is 55.0 Å². The topological polar surface area (TPSA) is 76.7 Å². The highest BCUT2D eigenvalue weighted by atomic mass is 16.5. The highest BCUT2D eigenvalue weighted by Gasteiger charge is 2.27. The molecule has 7 nitrogen and oxygen atoms in total. The van der Waals surface area contributed by atoms with Gasteiger partial charge in [0.1, 0.15) is 11.5 Å². The van der Waals surface area contributed by atoms with Crippen molar-refractivity contribution >= 4 is 5.97 Å². The molecule has 146 valence electrons. The molecule has 1 saturated heterocycles. The molecule has 7 heteroatoms. The van der Waals surface area contributed by atoms with E-state index in [9.17, 15) is 4.79 Å². The molecule has 0 radical (unpaired) electrons. The summed E-state index contributed by atoms with van der Waals surface area (Å²) in [5, 5.41) is 7.32. The van der Waals surface area contributed by atoms with Crippen molar-refractivity contribution in [2.75, 3.05) is 33.9 Å². The highest BCUT2D eigenvalue weighted by molar-refractivity contribution is 5.73. The van der Waals surface area contributed by atoms with Gasteiger partial charge < -0.3 is 14.2 Å². The van der Waals surface area contributed by atoms with E-state index in [2.05, 4.69) is 15.1 Å². The molecule has 1 atom stereocenters. The van der Waals surface area contributed by atoms with E-state index >= 15 is 0 Å². The largest absolute Gasteiger partial charge is 0.497 e. The maximum absolute atomic E-state index is 12.1. The van der Waals surface area contributed by atoms with Gasteiger partial charge in [0.05, 0.1) is 38.6 Å². The van der Waals surface area contributed by atoms with Gasteiger partial charge in [0.15, 0.2) is 0 Å². The SMILES string of the molecule is CCOC(=O)[C@H]1CCCN(Cc2cn[nH]c2-c2ccc(OC)cc2OC)C1. The van der Waals surface area contributed by atoms with Crippen LogP contribution in [0.4, 0.5) is 0 Å². The second-order valence-corrected chi connectivity index (χ2v) is 6.66. The molecular weight excluding hydrogens is 346 g/mol. The fourth-order valence-corrected chi connectivity index (χ4v) is 3.56. The number of carbonyl (C=O) groups excluding carboxylic acids is 1. The molecule has 0 aliphatic carbocycles. The van der Waals surface area contributed by atoms with Crippen molar-refractivity contribution in [3.05, 3.63) is 30.0 Å². The van der Waals surface area contributed by atoms with Crippen LogP contribution in [0, 0.1) is 5.92 Å². The molecule has 1 aliphatic rings. The number of nitrogens with one attached hydrogen (secondary N) is 1. The summed E-state index contributed by atoms with van der Waals surface area (Å²) in [6.07, 6.45) is 3.72. The van der Waals surface area contributed by atoms with Crippen LogP contribution in [0.1, 0.15) is 25.3 Å².